The van der Waals surface area contributed by atoms with Gasteiger partial charge in [-0.25, -0.2) is 22.9 Å². The maximum Gasteiger partial charge on any atom is 0.339 e. The van der Waals surface area contributed by atoms with E-state index in [4.69, 9.17) is 11.6 Å². The number of esters is 1. The van der Waals surface area contributed by atoms with E-state index in [-0.39, 0.29) is 21.7 Å². The number of hydrogen-bond acceptors (Lipinski definition) is 8. The second-order valence-corrected chi connectivity index (χ2v) is 8.54. The lowest BCUT2D eigenvalue weighted by atomic mass is 10.1. The number of nitrogens with one attached hydrogen (secondary N) is 1. The number of benzene rings is 2. The number of ether oxygens (including phenoxy) is 1. The van der Waals surface area contributed by atoms with Crippen LogP contribution in [0.25, 0.3) is 16.9 Å². The van der Waals surface area contributed by atoms with Gasteiger partial charge in [-0.15, -0.1) is 5.10 Å². The number of nitrogens with zero attached hydrogens (tertiary/aromatic N) is 5. The van der Waals surface area contributed by atoms with E-state index in [0.717, 1.165) is 6.07 Å². The minimum atomic E-state index is -4.15. The van der Waals surface area contributed by atoms with E-state index in [1.54, 1.807) is 18.3 Å². The predicted molar refractivity (Wildman–Crippen MR) is 115 cm³/mol. The molecule has 1 N–H and O–H groups in total. The fourth-order valence-electron chi connectivity index (χ4n) is 2.99. The molecule has 2 aromatic heterocycles. The summed E-state index contributed by atoms with van der Waals surface area (Å²) in [6, 6.07) is 13.3. The Balaban J connectivity index is 1.78. The molecule has 0 saturated heterocycles. The first kappa shape index (κ1) is 21.2. The summed E-state index contributed by atoms with van der Waals surface area (Å²) >= 11 is 6.14. The standard InChI is InChI=1S/C20H13ClN6O4S/c1-31-20(28)15-6-5-14(9-12(15)11-22)32(29,30)25-16-7-4-13(21)10-18(16)27-17-3-2-8-23-19(17)24-26-27/h2-10,25H,1H3. The molecular weight excluding hydrogens is 456 g/mol. The minimum absolute atomic E-state index is 0.0392. The Labute approximate surface area is 187 Å². The Morgan fingerprint density at radius 2 is 2.03 bits per heavy atom. The number of aromatic nitrogens is 4. The maximum absolute atomic E-state index is 13.1. The van der Waals surface area contributed by atoms with Crippen molar-refractivity contribution in [2.24, 2.45) is 0 Å². The first-order valence-corrected chi connectivity index (χ1v) is 10.8. The molecule has 0 aliphatic carbocycles. The number of carbonyl (C=O) groups is 1. The molecule has 0 radical (unpaired) electrons. The van der Waals surface area contributed by atoms with Crippen LogP contribution in [-0.4, -0.2) is 41.5 Å². The number of fused-ring (bicyclic) bond motifs is 1. The van der Waals surface area contributed by atoms with Gasteiger partial charge in [0.05, 0.1) is 34.5 Å². The Morgan fingerprint density at radius 3 is 2.78 bits per heavy atom. The van der Waals surface area contributed by atoms with Crippen molar-refractivity contribution >= 4 is 44.4 Å². The number of methoxy groups -OCH3 is 1. The monoisotopic (exact) mass is 468 g/mol. The second kappa shape index (κ2) is 8.26. The molecular formula is C20H13ClN6O4S. The molecule has 2 heterocycles. The topological polar surface area (TPSA) is 140 Å². The van der Waals surface area contributed by atoms with Crippen LogP contribution in [0.3, 0.4) is 0 Å². The van der Waals surface area contributed by atoms with Gasteiger partial charge in [-0.2, -0.15) is 5.26 Å². The van der Waals surface area contributed by atoms with Gasteiger partial charge in [0.15, 0.2) is 0 Å². The lowest BCUT2D eigenvalue weighted by Gasteiger charge is -2.14. The third kappa shape index (κ3) is 3.84. The van der Waals surface area contributed by atoms with Crippen LogP contribution in [0.15, 0.2) is 59.6 Å². The lowest BCUT2D eigenvalue weighted by molar-refractivity contribution is 0.0600. The van der Waals surface area contributed by atoms with Gasteiger partial charge in [0.25, 0.3) is 10.0 Å². The Bertz CT molecular complexity index is 1510. The van der Waals surface area contributed by atoms with Gasteiger partial charge >= 0.3 is 5.97 Å². The summed E-state index contributed by atoms with van der Waals surface area (Å²) in [7, 11) is -2.98. The molecule has 10 nitrogen and oxygen atoms in total. The van der Waals surface area contributed by atoms with Crippen LogP contribution in [0.2, 0.25) is 5.02 Å². The molecule has 0 amide bonds. The van der Waals surface area contributed by atoms with Crippen LogP contribution in [0, 0.1) is 11.3 Å². The number of rotatable bonds is 5. The Morgan fingerprint density at radius 1 is 1.22 bits per heavy atom. The lowest BCUT2D eigenvalue weighted by Crippen LogP contribution is -2.16. The summed E-state index contributed by atoms with van der Waals surface area (Å²) in [5, 5.41) is 17.7. The number of nitriles is 1. The van der Waals surface area contributed by atoms with Crippen molar-refractivity contribution in [3.63, 3.8) is 0 Å². The first-order valence-electron chi connectivity index (χ1n) is 8.95. The fourth-order valence-corrected chi connectivity index (χ4v) is 4.25. The molecule has 0 bridgehead atoms. The summed E-state index contributed by atoms with van der Waals surface area (Å²) in [5.41, 5.74) is 1.23. The summed E-state index contributed by atoms with van der Waals surface area (Å²) in [4.78, 5) is 15.7. The number of hydrogen-bond donors (Lipinski definition) is 1. The van der Waals surface area contributed by atoms with E-state index in [1.165, 1.54) is 42.1 Å². The third-order valence-electron chi connectivity index (χ3n) is 4.48. The molecule has 0 aliphatic heterocycles. The van der Waals surface area contributed by atoms with Gasteiger partial charge in [0.1, 0.15) is 11.6 Å². The van der Waals surface area contributed by atoms with Crippen LogP contribution >= 0.6 is 11.6 Å². The van der Waals surface area contributed by atoms with Crippen LogP contribution in [0.5, 0.6) is 0 Å². The average molecular weight is 469 g/mol. The third-order valence-corrected chi connectivity index (χ3v) is 6.08. The molecule has 0 spiro atoms. The normalized spacial score (nSPS) is 11.2. The van der Waals surface area contributed by atoms with Crippen LogP contribution in [0.1, 0.15) is 15.9 Å². The summed E-state index contributed by atoms with van der Waals surface area (Å²) in [5.74, 6) is -0.745. The van der Waals surface area contributed by atoms with Crippen molar-refractivity contribution in [2.75, 3.05) is 11.8 Å². The smallest absolute Gasteiger partial charge is 0.339 e. The van der Waals surface area contributed by atoms with Gasteiger partial charge in [0, 0.05) is 11.2 Å². The van der Waals surface area contributed by atoms with E-state index < -0.39 is 16.0 Å². The Kier molecular flexibility index (Phi) is 5.48. The Hall–Kier alpha value is -4.01. The van der Waals surface area contributed by atoms with Gasteiger partial charge in [-0.05, 0) is 48.5 Å². The van der Waals surface area contributed by atoms with Crippen molar-refractivity contribution in [1.82, 2.24) is 20.0 Å². The van der Waals surface area contributed by atoms with Gasteiger partial charge < -0.3 is 4.74 Å². The molecule has 4 rings (SSSR count). The van der Waals surface area contributed by atoms with E-state index in [1.807, 2.05) is 6.07 Å². The molecule has 32 heavy (non-hydrogen) atoms. The average Bonchev–Trinajstić information content (AvgIpc) is 3.23. The number of halogens is 1. The van der Waals surface area contributed by atoms with Gasteiger partial charge in [0.2, 0.25) is 5.65 Å². The summed E-state index contributed by atoms with van der Waals surface area (Å²) < 4.78 is 34.6. The largest absolute Gasteiger partial charge is 0.465 e. The molecule has 0 fully saturated rings. The quantitative estimate of drug-likeness (QED) is 0.441. The van der Waals surface area contributed by atoms with Crippen LogP contribution in [-0.2, 0) is 14.8 Å². The molecule has 0 saturated carbocycles. The van der Waals surface area contributed by atoms with Crippen molar-refractivity contribution in [3.05, 3.63) is 70.9 Å². The van der Waals surface area contributed by atoms with E-state index in [0.29, 0.717) is 21.9 Å². The SMILES string of the molecule is COC(=O)c1ccc(S(=O)(=O)Nc2ccc(Cl)cc2-n2nnc3ncccc32)cc1C#N. The maximum atomic E-state index is 13.1. The fraction of sp³-hybridized carbons (Fsp3) is 0.0500. The van der Waals surface area contributed by atoms with E-state index in [9.17, 15) is 18.5 Å². The molecule has 4 aromatic rings. The molecule has 0 aliphatic rings. The highest BCUT2D eigenvalue weighted by Crippen LogP contribution is 2.29. The highest BCUT2D eigenvalue weighted by molar-refractivity contribution is 7.92. The van der Waals surface area contributed by atoms with Crippen LogP contribution < -0.4 is 4.72 Å². The number of anilines is 1. The van der Waals surface area contributed by atoms with Crippen molar-refractivity contribution in [2.45, 2.75) is 4.90 Å². The first-order chi connectivity index (χ1) is 15.3. The van der Waals surface area contributed by atoms with Crippen molar-refractivity contribution < 1.29 is 17.9 Å². The number of pyridine rings is 1. The van der Waals surface area contributed by atoms with E-state index in [2.05, 4.69) is 24.8 Å². The van der Waals surface area contributed by atoms with Crippen molar-refractivity contribution in [3.8, 4) is 11.8 Å². The highest BCUT2D eigenvalue weighted by Gasteiger charge is 2.22. The zero-order valence-corrected chi connectivity index (χ0v) is 17.9. The molecule has 0 unspecified atom stereocenters. The molecule has 0 atom stereocenters. The molecule has 12 heteroatoms. The van der Waals surface area contributed by atoms with Crippen LogP contribution in [0.4, 0.5) is 5.69 Å². The van der Waals surface area contributed by atoms with Crippen molar-refractivity contribution in [1.29, 1.82) is 5.26 Å². The minimum Gasteiger partial charge on any atom is -0.465 e. The number of carbonyl (C=O) groups excluding carboxylic acids is 1. The summed E-state index contributed by atoms with van der Waals surface area (Å²) in [6.07, 6.45) is 1.56. The zero-order chi connectivity index (χ0) is 22.9. The predicted octanol–water partition coefficient (Wildman–Crippen LogP) is 2.93. The number of sulfonamides is 1. The molecule has 160 valence electrons. The second-order valence-electron chi connectivity index (χ2n) is 6.43. The summed E-state index contributed by atoms with van der Waals surface area (Å²) in [6.45, 7) is 0. The van der Waals surface area contributed by atoms with Gasteiger partial charge in [-0.3, -0.25) is 4.72 Å². The zero-order valence-electron chi connectivity index (χ0n) is 16.4. The van der Waals surface area contributed by atoms with E-state index >= 15 is 0 Å². The van der Waals surface area contributed by atoms with Gasteiger partial charge in [-0.1, -0.05) is 16.8 Å². The molecule has 2 aromatic carbocycles. The highest BCUT2D eigenvalue weighted by atomic mass is 35.5.